The van der Waals surface area contributed by atoms with E-state index in [1.165, 1.54) is 0 Å². The number of aromatic nitrogens is 2. The summed E-state index contributed by atoms with van der Waals surface area (Å²) in [6.45, 7) is 3.93. The lowest BCUT2D eigenvalue weighted by Gasteiger charge is -2.54. The van der Waals surface area contributed by atoms with Gasteiger partial charge in [-0.2, -0.15) is 4.37 Å². The van der Waals surface area contributed by atoms with E-state index in [1.807, 2.05) is 11.8 Å². The van der Waals surface area contributed by atoms with Crippen molar-refractivity contribution in [2.45, 2.75) is 38.0 Å². The Morgan fingerprint density at radius 1 is 1.24 bits per heavy atom. The van der Waals surface area contributed by atoms with Gasteiger partial charge in [0.15, 0.2) is 0 Å². The molecule has 3 fully saturated rings. The third-order valence-corrected chi connectivity index (χ3v) is 5.44. The van der Waals surface area contributed by atoms with Crippen LogP contribution in [0.15, 0.2) is 12.2 Å². The number of ether oxygens (including phenoxy) is 3. The average Bonchev–Trinajstić information content (AvgIpc) is 3.01. The van der Waals surface area contributed by atoms with Crippen LogP contribution in [0.1, 0.15) is 37.8 Å². The van der Waals surface area contributed by atoms with Crippen molar-refractivity contribution in [1.82, 2.24) is 13.6 Å². The number of piperidine rings is 3. The molecule has 0 radical (unpaired) electrons. The molecule has 1 atom stereocenters. The first-order valence-corrected chi connectivity index (χ1v) is 9.21. The molecule has 3 saturated heterocycles. The monoisotopic (exact) mass is 365 g/mol. The summed E-state index contributed by atoms with van der Waals surface area (Å²) in [4.78, 5) is 26.2. The van der Waals surface area contributed by atoms with Gasteiger partial charge < -0.3 is 14.2 Å². The number of fused-ring (bicyclic) bond motifs is 2. The van der Waals surface area contributed by atoms with Gasteiger partial charge in [-0.05, 0) is 25.2 Å². The van der Waals surface area contributed by atoms with Crippen molar-refractivity contribution < 1.29 is 23.8 Å². The SMILES string of the molecule is CCCOc1nsnc1C1C2CCN(CC2)C12OC(=O)C=CC(=O)O2. The van der Waals surface area contributed by atoms with Gasteiger partial charge in [0.1, 0.15) is 11.6 Å². The first-order valence-electron chi connectivity index (χ1n) is 8.48. The van der Waals surface area contributed by atoms with E-state index in [9.17, 15) is 9.59 Å². The van der Waals surface area contributed by atoms with Crippen molar-refractivity contribution in [3.05, 3.63) is 17.8 Å². The summed E-state index contributed by atoms with van der Waals surface area (Å²) in [6.07, 6.45) is 4.88. The Morgan fingerprint density at radius 2 is 1.92 bits per heavy atom. The number of carbonyl (C=O) groups is 2. The van der Waals surface area contributed by atoms with Gasteiger partial charge in [-0.1, -0.05) is 6.92 Å². The molecule has 5 heterocycles. The standard InChI is InChI=1S/C16H19N3O5S/c1-2-9-22-15-14(17-25-18-15)13-10-5-7-19(8-6-10)16(13)23-11(20)3-4-12(21)24-16/h3-4,10,13H,2,5-9H2,1H3. The number of rotatable bonds is 4. The lowest BCUT2D eigenvalue weighted by atomic mass is 9.74. The van der Waals surface area contributed by atoms with Crippen LogP contribution in [0.25, 0.3) is 0 Å². The molecule has 2 bridgehead atoms. The summed E-state index contributed by atoms with van der Waals surface area (Å²) >= 11 is 1.05. The first kappa shape index (κ1) is 16.5. The normalized spacial score (nSPS) is 30.0. The Bertz CT molecular complexity index is 690. The van der Waals surface area contributed by atoms with Crippen LogP contribution in [0.5, 0.6) is 5.88 Å². The molecule has 1 spiro atoms. The highest BCUT2D eigenvalue weighted by Crippen LogP contribution is 2.52. The molecule has 0 N–H and O–H groups in total. The summed E-state index contributed by atoms with van der Waals surface area (Å²) in [7, 11) is 0. The van der Waals surface area contributed by atoms with E-state index >= 15 is 0 Å². The molecule has 1 unspecified atom stereocenters. The molecule has 9 heteroatoms. The molecule has 0 saturated carbocycles. The summed E-state index contributed by atoms with van der Waals surface area (Å²) in [5.74, 6) is -2.46. The maximum absolute atomic E-state index is 12.1. The number of hydrogen-bond donors (Lipinski definition) is 0. The molecule has 1 aromatic heterocycles. The van der Waals surface area contributed by atoms with Crippen molar-refractivity contribution in [2.75, 3.05) is 19.7 Å². The predicted octanol–water partition coefficient (Wildman–Crippen LogP) is 1.45. The van der Waals surface area contributed by atoms with E-state index in [0.29, 0.717) is 31.3 Å². The molecule has 5 rings (SSSR count). The Hall–Kier alpha value is -2.00. The molecular formula is C16H19N3O5S. The van der Waals surface area contributed by atoms with E-state index in [-0.39, 0.29) is 5.92 Å². The zero-order valence-corrected chi connectivity index (χ0v) is 14.7. The number of carbonyl (C=O) groups excluding carboxylic acids is 2. The molecule has 0 aromatic carbocycles. The van der Waals surface area contributed by atoms with Gasteiger partial charge in [0, 0.05) is 25.2 Å². The zero-order valence-electron chi connectivity index (χ0n) is 13.8. The van der Waals surface area contributed by atoms with Crippen molar-refractivity contribution in [1.29, 1.82) is 0 Å². The highest BCUT2D eigenvalue weighted by Gasteiger charge is 2.62. The molecule has 0 aliphatic carbocycles. The minimum absolute atomic E-state index is 0.177. The van der Waals surface area contributed by atoms with E-state index in [2.05, 4.69) is 8.75 Å². The molecule has 8 nitrogen and oxygen atoms in total. The number of nitrogens with zero attached hydrogens (tertiary/aromatic N) is 3. The van der Waals surface area contributed by atoms with Gasteiger partial charge in [0.2, 0.25) is 5.88 Å². The van der Waals surface area contributed by atoms with Crippen LogP contribution >= 0.6 is 11.7 Å². The van der Waals surface area contributed by atoms with Crippen LogP contribution < -0.4 is 4.74 Å². The zero-order chi connectivity index (χ0) is 17.4. The quantitative estimate of drug-likeness (QED) is 0.741. The van der Waals surface area contributed by atoms with Crippen LogP contribution in [0.3, 0.4) is 0 Å². The molecule has 134 valence electrons. The third-order valence-electron chi connectivity index (χ3n) is 4.91. The van der Waals surface area contributed by atoms with E-state index in [1.54, 1.807) is 0 Å². The Morgan fingerprint density at radius 3 is 2.56 bits per heavy atom. The second-order valence-electron chi connectivity index (χ2n) is 6.41. The Balaban J connectivity index is 1.77. The fourth-order valence-corrected chi connectivity index (χ4v) is 4.42. The molecule has 1 aromatic rings. The first-order chi connectivity index (χ1) is 12.1. The molecule has 25 heavy (non-hydrogen) atoms. The van der Waals surface area contributed by atoms with Gasteiger partial charge in [-0.25, -0.2) is 14.5 Å². The highest BCUT2D eigenvalue weighted by molar-refractivity contribution is 6.99. The molecule has 0 amide bonds. The summed E-state index contributed by atoms with van der Waals surface area (Å²) in [5.41, 5.74) is 0.607. The maximum Gasteiger partial charge on any atom is 0.335 e. The second kappa shape index (κ2) is 6.38. The van der Waals surface area contributed by atoms with Gasteiger partial charge in [-0.15, -0.1) is 4.37 Å². The second-order valence-corrected chi connectivity index (χ2v) is 6.94. The fraction of sp³-hybridized carbons (Fsp3) is 0.625. The molecular weight excluding hydrogens is 346 g/mol. The fourth-order valence-electron chi connectivity index (χ4n) is 3.88. The van der Waals surface area contributed by atoms with Crippen molar-refractivity contribution in [2.24, 2.45) is 5.92 Å². The molecule has 4 aliphatic rings. The van der Waals surface area contributed by atoms with Crippen molar-refractivity contribution in [3.63, 3.8) is 0 Å². The minimum Gasteiger partial charge on any atom is -0.476 e. The topological polar surface area (TPSA) is 90.9 Å². The van der Waals surface area contributed by atoms with Crippen LogP contribution in [0.4, 0.5) is 0 Å². The van der Waals surface area contributed by atoms with E-state index < -0.39 is 23.8 Å². The van der Waals surface area contributed by atoms with Crippen LogP contribution in [-0.2, 0) is 19.1 Å². The maximum atomic E-state index is 12.1. The van der Waals surface area contributed by atoms with E-state index in [4.69, 9.17) is 14.2 Å². The van der Waals surface area contributed by atoms with Crippen molar-refractivity contribution in [3.8, 4) is 5.88 Å². The third kappa shape index (κ3) is 2.71. The predicted molar refractivity (Wildman–Crippen MR) is 86.8 cm³/mol. The van der Waals surface area contributed by atoms with Gasteiger partial charge in [-0.3, -0.25) is 0 Å². The van der Waals surface area contributed by atoms with Crippen LogP contribution in [-0.4, -0.2) is 51.2 Å². The Kier molecular flexibility index (Phi) is 4.20. The highest BCUT2D eigenvalue weighted by atomic mass is 32.1. The lowest BCUT2D eigenvalue weighted by Crippen LogP contribution is -2.66. The summed E-state index contributed by atoms with van der Waals surface area (Å²) in [6, 6.07) is 0. The smallest absolute Gasteiger partial charge is 0.335 e. The Labute approximate surface area is 149 Å². The van der Waals surface area contributed by atoms with Gasteiger partial charge >= 0.3 is 17.8 Å². The average molecular weight is 365 g/mol. The number of esters is 2. The van der Waals surface area contributed by atoms with Crippen LogP contribution in [0, 0.1) is 5.92 Å². The largest absolute Gasteiger partial charge is 0.476 e. The van der Waals surface area contributed by atoms with Crippen LogP contribution in [0.2, 0.25) is 0 Å². The lowest BCUT2D eigenvalue weighted by molar-refractivity contribution is -0.324. The summed E-state index contributed by atoms with van der Waals surface area (Å²) < 4.78 is 25.7. The molecule has 4 aliphatic heterocycles. The van der Waals surface area contributed by atoms with E-state index in [0.717, 1.165) is 43.1 Å². The number of hydrogen-bond acceptors (Lipinski definition) is 9. The minimum atomic E-state index is -1.47. The van der Waals surface area contributed by atoms with Gasteiger partial charge in [0.05, 0.1) is 18.3 Å². The van der Waals surface area contributed by atoms with Gasteiger partial charge in [0.25, 0.3) is 0 Å². The summed E-state index contributed by atoms with van der Waals surface area (Å²) in [5, 5.41) is 0. The van der Waals surface area contributed by atoms with Crippen molar-refractivity contribution >= 4 is 23.7 Å².